The van der Waals surface area contributed by atoms with Gasteiger partial charge in [0.25, 0.3) is 0 Å². The molecular weight excluding hydrogens is 281 g/mol. The van der Waals surface area contributed by atoms with Gasteiger partial charge >= 0.3 is 5.97 Å². The molecule has 0 fully saturated rings. The highest BCUT2D eigenvalue weighted by Gasteiger charge is 2.28. The minimum atomic E-state index is -0.792. The summed E-state index contributed by atoms with van der Waals surface area (Å²) in [7, 11) is 0. The van der Waals surface area contributed by atoms with E-state index in [1.165, 1.54) is 12.1 Å². The van der Waals surface area contributed by atoms with Crippen molar-refractivity contribution in [2.45, 2.75) is 25.3 Å². The Hall–Kier alpha value is -2.58. The Morgan fingerprint density at radius 2 is 2.27 bits per heavy atom. The van der Waals surface area contributed by atoms with Crippen molar-refractivity contribution in [3.63, 3.8) is 0 Å². The molecule has 1 aromatic heterocycles. The lowest BCUT2D eigenvalue weighted by Crippen LogP contribution is -2.02. The van der Waals surface area contributed by atoms with Gasteiger partial charge in [-0.3, -0.25) is 4.79 Å². The first kappa shape index (κ1) is 13.1. The smallest absolute Gasteiger partial charge is 0.304 e. The molecule has 0 saturated carbocycles. The maximum atomic E-state index is 14.0. The second-order valence-electron chi connectivity index (χ2n) is 5.77. The SMILES string of the molecule is O=C(O)CC1CCn2c1cc1c(C3=C=CC=C3)cc(F)cc12. The molecule has 0 spiro atoms. The second kappa shape index (κ2) is 4.72. The van der Waals surface area contributed by atoms with Crippen LogP contribution in [0.1, 0.15) is 30.0 Å². The number of aliphatic carboxylic acids is 1. The van der Waals surface area contributed by atoms with E-state index in [9.17, 15) is 9.18 Å². The van der Waals surface area contributed by atoms with Crippen LogP contribution in [0.5, 0.6) is 0 Å². The van der Waals surface area contributed by atoms with Gasteiger partial charge in [-0.2, -0.15) is 0 Å². The number of fused-ring (bicyclic) bond motifs is 3. The topological polar surface area (TPSA) is 42.2 Å². The second-order valence-corrected chi connectivity index (χ2v) is 5.77. The van der Waals surface area contributed by atoms with Crippen LogP contribution >= 0.6 is 0 Å². The molecular formula is C18H14FNO2. The van der Waals surface area contributed by atoms with E-state index in [1.54, 1.807) is 0 Å². The predicted molar refractivity (Wildman–Crippen MR) is 82.1 cm³/mol. The molecule has 4 rings (SSSR count). The number of hydrogen-bond donors (Lipinski definition) is 1. The van der Waals surface area contributed by atoms with Crippen LogP contribution in [0.2, 0.25) is 0 Å². The van der Waals surface area contributed by atoms with Crippen molar-refractivity contribution in [2.24, 2.45) is 0 Å². The number of hydrogen-bond acceptors (Lipinski definition) is 1. The number of carboxylic acids is 1. The lowest BCUT2D eigenvalue weighted by atomic mass is 9.98. The molecule has 0 amide bonds. The molecule has 2 heterocycles. The quantitative estimate of drug-likeness (QED) is 0.874. The van der Waals surface area contributed by atoms with Crippen LogP contribution in [0.3, 0.4) is 0 Å². The number of halogens is 1. The van der Waals surface area contributed by atoms with Crippen molar-refractivity contribution >= 4 is 22.4 Å². The van der Waals surface area contributed by atoms with Gasteiger partial charge in [0.2, 0.25) is 0 Å². The summed E-state index contributed by atoms with van der Waals surface area (Å²) in [6.07, 6.45) is 6.51. The van der Waals surface area contributed by atoms with E-state index in [0.29, 0.717) is 0 Å². The fraction of sp³-hybridized carbons (Fsp3) is 0.222. The van der Waals surface area contributed by atoms with Gasteiger partial charge in [-0.1, -0.05) is 6.08 Å². The maximum absolute atomic E-state index is 14.0. The zero-order valence-electron chi connectivity index (χ0n) is 11.8. The third kappa shape index (κ3) is 1.92. The zero-order valence-corrected chi connectivity index (χ0v) is 11.8. The Labute approximate surface area is 126 Å². The van der Waals surface area contributed by atoms with E-state index in [1.807, 2.05) is 24.3 Å². The highest BCUT2D eigenvalue weighted by Crippen LogP contribution is 2.39. The molecule has 1 N–H and O–H groups in total. The van der Waals surface area contributed by atoms with Gasteiger partial charge in [-0.25, -0.2) is 4.39 Å². The van der Waals surface area contributed by atoms with Crippen LogP contribution in [-0.4, -0.2) is 15.6 Å². The summed E-state index contributed by atoms with van der Waals surface area (Å²) in [5, 5.41) is 10.0. The van der Waals surface area contributed by atoms with Crippen LogP contribution in [0.25, 0.3) is 16.5 Å². The van der Waals surface area contributed by atoms with Gasteiger partial charge in [0.05, 0.1) is 11.9 Å². The summed E-state index contributed by atoms with van der Waals surface area (Å²) in [6, 6.07) is 5.08. The van der Waals surface area contributed by atoms with E-state index in [4.69, 9.17) is 5.11 Å². The molecule has 110 valence electrons. The molecule has 1 unspecified atom stereocenters. The van der Waals surface area contributed by atoms with Crippen molar-refractivity contribution in [2.75, 3.05) is 0 Å². The summed E-state index contributed by atoms with van der Waals surface area (Å²) in [5.74, 6) is -1.07. The van der Waals surface area contributed by atoms with E-state index < -0.39 is 5.97 Å². The van der Waals surface area contributed by atoms with Crippen molar-refractivity contribution in [3.05, 3.63) is 59.2 Å². The Morgan fingerprint density at radius 1 is 1.41 bits per heavy atom. The molecule has 1 atom stereocenters. The number of benzene rings is 1. The molecule has 2 aliphatic rings. The monoisotopic (exact) mass is 295 g/mol. The van der Waals surface area contributed by atoms with Crippen molar-refractivity contribution in [1.29, 1.82) is 0 Å². The zero-order chi connectivity index (χ0) is 15.3. The number of rotatable bonds is 3. The van der Waals surface area contributed by atoms with Crippen LogP contribution in [0.15, 0.2) is 42.2 Å². The Balaban J connectivity index is 1.92. The molecule has 22 heavy (non-hydrogen) atoms. The largest absolute Gasteiger partial charge is 0.481 e. The van der Waals surface area contributed by atoms with Crippen LogP contribution in [0, 0.1) is 5.82 Å². The number of aryl methyl sites for hydroxylation is 1. The summed E-state index contributed by atoms with van der Waals surface area (Å²) in [5.41, 5.74) is 6.63. The lowest BCUT2D eigenvalue weighted by Gasteiger charge is -2.05. The van der Waals surface area contributed by atoms with Gasteiger partial charge < -0.3 is 9.67 Å². The van der Waals surface area contributed by atoms with Gasteiger partial charge in [-0.05, 0) is 36.8 Å². The highest BCUT2D eigenvalue weighted by atomic mass is 19.1. The van der Waals surface area contributed by atoms with Crippen molar-refractivity contribution < 1.29 is 14.3 Å². The number of carboxylic acid groups (broad SMARTS) is 1. The molecule has 1 aliphatic heterocycles. The number of aromatic nitrogens is 1. The molecule has 0 bridgehead atoms. The van der Waals surface area contributed by atoms with Crippen molar-refractivity contribution in [3.8, 4) is 0 Å². The first-order chi connectivity index (χ1) is 10.6. The molecule has 0 radical (unpaired) electrons. The van der Waals surface area contributed by atoms with E-state index >= 15 is 0 Å². The highest BCUT2D eigenvalue weighted by molar-refractivity contribution is 5.96. The first-order valence-electron chi connectivity index (χ1n) is 7.31. The fourth-order valence-corrected chi connectivity index (χ4v) is 3.50. The van der Waals surface area contributed by atoms with Gasteiger partial charge in [0, 0.05) is 34.7 Å². The third-order valence-corrected chi connectivity index (χ3v) is 4.45. The third-order valence-electron chi connectivity index (χ3n) is 4.45. The van der Waals surface area contributed by atoms with Crippen LogP contribution < -0.4 is 0 Å². The van der Waals surface area contributed by atoms with Gasteiger partial charge in [0.15, 0.2) is 0 Å². The number of carbonyl (C=O) groups is 1. The molecule has 1 aromatic carbocycles. The standard InChI is InChI=1S/C18H14FNO2/c19-13-8-14(11-3-1-2-4-11)15-10-16-12(7-18(21)22)5-6-20(16)17(15)9-13/h1-3,8-10,12H,5-7H2,(H,21,22). The summed E-state index contributed by atoms with van der Waals surface area (Å²) in [6.45, 7) is 0.740. The minimum Gasteiger partial charge on any atom is -0.481 e. The van der Waals surface area contributed by atoms with Crippen LogP contribution in [-0.2, 0) is 11.3 Å². The number of allylic oxidation sites excluding steroid dienone is 3. The minimum absolute atomic E-state index is 0.00412. The average molecular weight is 295 g/mol. The van der Waals surface area contributed by atoms with Gasteiger partial charge in [0.1, 0.15) is 5.82 Å². The van der Waals surface area contributed by atoms with Crippen LogP contribution in [0.4, 0.5) is 4.39 Å². The van der Waals surface area contributed by atoms with E-state index in [0.717, 1.165) is 40.7 Å². The summed E-state index contributed by atoms with van der Waals surface area (Å²) in [4.78, 5) is 11.0. The summed E-state index contributed by atoms with van der Waals surface area (Å²) >= 11 is 0. The average Bonchev–Trinajstić information content (AvgIpc) is 3.16. The molecule has 2 aromatic rings. The Kier molecular flexibility index (Phi) is 2.81. The fourth-order valence-electron chi connectivity index (χ4n) is 3.50. The predicted octanol–water partition coefficient (Wildman–Crippen LogP) is 3.85. The lowest BCUT2D eigenvalue weighted by molar-refractivity contribution is -0.137. The molecule has 0 saturated heterocycles. The van der Waals surface area contributed by atoms with Crippen molar-refractivity contribution in [1.82, 2.24) is 4.57 Å². The van der Waals surface area contributed by atoms with Gasteiger partial charge in [-0.15, -0.1) is 5.73 Å². The van der Waals surface area contributed by atoms with E-state index in [2.05, 4.69) is 10.3 Å². The number of nitrogens with zero attached hydrogens (tertiary/aromatic N) is 1. The maximum Gasteiger partial charge on any atom is 0.304 e. The van der Waals surface area contributed by atoms with E-state index in [-0.39, 0.29) is 18.2 Å². The molecule has 4 heteroatoms. The molecule has 3 nitrogen and oxygen atoms in total. The normalized spacial score (nSPS) is 19.0. The first-order valence-corrected chi connectivity index (χ1v) is 7.31. The Morgan fingerprint density at radius 3 is 3.00 bits per heavy atom. The Bertz CT molecular complexity index is 897. The molecule has 1 aliphatic carbocycles. The summed E-state index contributed by atoms with van der Waals surface area (Å²) < 4.78 is 16.1.